The van der Waals surface area contributed by atoms with Crippen LogP contribution in [0.4, 0.5) is 5.82 Å². The van der Waals surface area contributed by atoms with E-state index in [0.717, 1.165) is 38.3 Å². The third-order valence-electron chi connectivity index (χ3n) is 3.72. The van der Waals surface area contributed by atoms with E-state index in [0.29, 0.717) is 18.6 Å². The molecule has 0 atom stereocenters. The standard InChI is InChI=1S/C15H25N3O/c1-12(2)16-9-14-3-4-15(17-10-14)18-7-5-13(11-19)6-8-18/h3-4,10,12-13,16,19H,5-9,11H2,1-2H3. The highest BCUT2D eigenvalue weighted by Gasteiger charge is 2.19. The fourth-order valence-corrected chi connectivity index (χ4v) is 2.37. The van der Waals surface area contributed by atoms with Gasteiger partial charge in [-0.25, -0.2) is 4.98 Å². The van der Waals surface area contributed by atoms with Crippen LogP contribution >= 0.6 is 0 Å². The largest absolute Gasteiger partial charge is 0.396 e. The van der Waals surface area contributed by atoms with Gasteiger partial charge >= 0.3 is 0 Å². The molecule has 1 fully saturated rings. The van der Waals surface area contributed by atoms with Crippen LogP contribution in [0.1, 0.15) is 32.3 Å². The second-order valence-corrected chi connectivity index (χ2v) is 5.67. The van der Waals surface area contributed by atoms with Gasteiger partial charge in [0.05, 0.1) is 0 Å². The van der Waals surface area contributed by atoms with Gasteiger partial charge in [0.1, 0.15) is 5.82 Å². The van der Waals surface area contributed by atoms with Gasteiger partial charge in [0.25, 0.3) is 0 Å². The van der Waals surface area contributed by atoms with Crippen LogP contribution in [0.15, 0.2) is 18.3 Å². The van der Waals surface area contributed by atoms with Crippen molar-refractivity contribution in [3.8, 4) is 0 Å². The Kier molecular flexibility index (Phi) is 5.16. The molecule has 0 radical (unpaired) electrons. The van der Waals surface area contributed by atoms with E-state index >= 15 is 0 Å². The average Bonchev–Trinajstić information content (AvgIpc) is 2.46. The number of pyridine rings is 1. The smallest absolute Gasteiger partial charge is 0.128 e. The molecule has 1 aliphatic heterocycles. The summed E-state index contributed by atoms with van der Waals surface area (Å²) in [4.78, 5) is 6.87. The molecule has 106 valence electrons. The Morgan fingerprint density at radius 3 is 2.63 bits per heavy atom. The van der Waals surface area contributed by atoms with E-state index in [4.69, 9.17) is 5.11 Å². The third kappa shape index (κ3) is 4.18. The van der Waals surface area contributed by atoms with Crippen molar-refractivity contribution in [2.24, 2.45) is 5.92 Å². The van der Waals surface area contributed by atoms with Crippen molar-refractivity contribution < 1.29 is 5.11 Å². The van der Waals surface area contributed by atoms with E-state index in [1.54, 1.807) is 0 Å². The van der Waals surface area contributed by atoms with Crippen LogP contribution in [0.25, 0.3) is 0 Å². The van der Waals surface area contributed by atoms with Crippen molar-refractivity contribution >= 4 is 5.82 Å². The summed E-state index contributed by atoms with van der Waals surface area (Å²) in [6.45, 7) is 7.49. The molecule has 1 saturated heterocycles. The monoisotopic (exact) mass is 263 g/mol. The first-order valence-electron chi connectivity index (χ1n) is 7.23. The molecule has 0 aliphatic carbocycles. The van der Waals surface area contributed by atoms with Gasteiger partial charge in [-0.15, -0.1) is 0 Å². The first-order valence-corrected chi connectivity index (χ1v) is 7.23. The van der Waals surface area contributed by atoms with Crippen molar-refractivity contribution in [3.63, 3.8) is 0 Å². The van der Waals surface area contributed by atoms with Gasteiger partial charge in [0.2, 0.25) is 0 Å². The van der Waals surface area contributed by atoms with Crippen molar-refractivity contribution in [2.45, 2.75) is 39.3 Å². The molecule has 1 aromatic rings. The molecular formula is C15H25N3O. The van der Waals surface area contributed by atoms with Crippen LogP contribution in [-0.2, 0) is 6.54 Å². The number of rotatable bonds is 5. The van der Waals surface area contributed by atoms with Gasteiger partial charge in [-0.3, -0.25) is 0 Å². The SMILES string of the molecule is CC(C)NCc1ccc(N2CCC(CO)CC2)nc1. The molecule has 0 unspecified atom stereocenters. The third-order valence-corrected chi connectivity index (χ3v) is 3.72. The molecule has 0 amide bonds. The lowest BCUT2D eigenvalue weighted by molar-refractivity contribution is 0.203. The number of aromatic nitrogens is 1. The zero-order valence-electron chi connectivity index (χ0n) is 12.0. The van der Waals surface area contributed by atoms with Gasteiger partial charge in [-0.05, 0) is 30.4 Å². The van der Waals surface area contributed by atoms with Crippen LogP contribution in [-0.4, -0.2) is 35.8 Å². The number of aliphatic hydroxyl groups excluding tert-OH is 1. The van der Waals surface area contributed by atoms with E-state index in [9.17, 15) is 0 Å². The summed E-state index contributed by atoms with van der Waals surface area (Å²) in [5, 5.41) is 12.5. The molecule has 1 aliphatic rings. The van der Waals surface area contributed by atoms with Gasteiger partial charge in [0.15, 0.2) is 0 Å². The van der Waals surface area contributed by atoms with Crippen molar-refractivity contribution in [1.29, 1.82) is 0 Å². The number of nitrogens with zero attached hydrogens (tertiary/aromatic N) is 2. The molecule has 2 heterocycles. The van der Waals surface area contributed by atoms with Gasteiger partial charge in [-0.1, -0.05) is 19.9 Å². The highest BCUT2D eigenvalue weighted by Crippen LogP contribution is 2.21. The highest BCUT2D eigenvalue weighted by molar-refractivity contribution is 5.39. The Morgan fingerprint density at radius 2 is 2.11 bits per heavy atom. The van der Waals surface area contributed by atoms with Crippen molar-refractivity contribution in [2.75, 3.05) is 24.6 Å². The Labute approximate surface area is 115 Å². The summed E-state index contributed by atoms with van der Waals surface area (Å²) in [5.41, 5.74) is 1.22. The zero-order valence-corrected chi connectivity index (χ0v) is 12.0. The maximum absolute atomic E-state index is 9.15. The van der Waals surface area contributed by atoms with E-state index in [1.807, 2.05) is 6.20 Å². The Balaban J connectivity index is 1.88. The summed E-state index contributed by atoms with van der Waals surface area (Å²) in [6, 6.07) is 4.75. The molecular weight excluding hydrogens is 238 g/mol. The summed E-state index contributed by atoms with van der Waals surface area (Å²) < 4.78 is 0. The lowest BCUT2D eigenvalue weighted by Crippen LogP contribution is -2.35. The first kappa shape index (κ1) is 14.3. The minimum Gasteiger partial charge on any atom is -0.396 e. The topological polar surface area (TPSA) is 48.4 Å². The normalized spacial score (nSPS) is 17.2. The van der Waals surface area contributed by atoms with Crippen LogP contribution in [0.5, 0.6) is 0 Å². The van der Waals surface area contributed by atoms with E-state index in [1.165, 1.54) is 5.56 Å². The van der Waals surface area contributed by atoms with Crippen molar-refractivity contribution in [3.05, 3.63) is 23.9 Å². The van der Waals surface area contributed by atoms with E-state index in [2.05, 4.69) is 41.2 Å². The molecule has 2 rings (SSSR count). The second-order valence-electron chi connectivity index (χ2n) is 5.67. The van der Waals surface area contributed by atoms with Crippen LogP contribution in [0.3, 0.4) is 0 Å². The zero-order chi connectivity index (χ0) is 13.7. The molecule has 2 N–H and O–H groups in total. The maximum atomic E-state index is 9.15. The quantitative estimate of drug-likeness (QED) is 0.850. The number of piperidine rings is 1. The minimum atomic E-state index is 0.321. The first-order chi connectivity index (χ1) is 9.19. The Morgan fingerprint density at radius 1 is 1.37 bits per heavy atom. The van der Waals surface area contributed by atoms with E-state index < -0.39 is 0 Å². The lowest BCUT2D eigenvalue weighted by atomic mass is 9.98. The minimum absolute atomic E-state index is 0.321. The maximum Gasteiger partial charge on any atom is 0.128 e. The summed E-state index contributed by atoms with van der Waals surface area (Å²) >= 11 is 0. The summed E-state index contributed by atoms with van der Waals surface area (Å²) in [6.07, 6.45) is 4.09. The summed E-state index contributed by atoms with van der Waals surface area (Å²) in [7, 11) is 0. The molecule has 1 aromatic heterocycles. The highest BCUT2D eigenvalue weighted by atomic mass is 16.3. The number of aliphatic hydroxyl groups is 1. The van der Waals surface area contributed by atoms with Gasteiger partial charge in [0, 0.05) is 38.5 Å². The Bertz CT molecular complexity index is 369. The predicted octanol–water partition coefficient (Wildman–Crippen LogP) is 1.79. The van der Waals surface area contributed by atoms with Gasteiger partial charge in [-0.2, -0.15) is 0 Å². The fraction of sp³-hybridized carbons (Fsp3) is 0.667. The van der Waals surface area contributed by atoms with Crippen LogP contribution in [0, 0.1) is 5.92 Å². The van der Waals surface area contributed by atoms with Crippen molar-refractivity contribution in [1.82, 2.24) is 10.3 Å². The molecule has 0 saturated carbocycles. The van der Waals surface area contributed by atoms with E-state index in [-0.39, 0.29) is 0 Å². The van der Waals surface area contributed by atoms with Gasteiger partial charge < -0.3 is 15.3 Å². The molecule has 0 spiro atoms. The molecule has 4 nitrogen and oxygen atoms in total. The number of nitrogens with one attached hydrogen (secondary N) is 1. The number of hydrogen-bond acceptors (Lipinski definition) is 4. The fourth-order valence-electron chi connectivity index (χ4n) is 2.37. The van der Waals surface area contributed by atoms with Crippen LogP contribution in [0.2, 0.25) is 0 Å². The molecule has 4 heteroatoms. The predicted molar refractivity (Wildman–Crippen MR) is 78.2 cm³/mol. The molecule has 0 bridgehead atoms. The number of hydrogen-bond donors (Lipinski definition) is 2. The van der Waals surface area contributed by atoms with Crippen LogP contribution < -0.4 is 10.2 Å². The molecule has 19 heavy (non-hydrogen) atoms. The number of anilines is 1. The molecule has 0 aromatic carbocycles. The average molecular weight is 263 g/mol. The summed E-state index contributed by atoms with van der Waals surface area (Å²) in [5.74, 6) is 1.54. The second kappa shape index (κ2) is 6.87. The Hall–Kier alpha value is -1.13. The lowest BCUT2D eigenvalue weighted by Gasteiger charge is -2.32.